The number of rotatable bonds is 6. The molecule has 1 unspecified atom stereocenters. The molecule has 5 N–H and O–H groups in total. The molecule has 1 aromatic carbocycles. The second-order valence-corrected chi connectivity index (χ2v) is 12.0. The molecule has 0 spiro atoms. The van der Waals surface area contributed by atoms with Crippen LogP contribution in [0, 0.1) is 5.82 Å². The number of nitrogens with two attached hydrogens (primary N) is 2. The molecule has 5 aromatic rings. The smallest absolute Gasteiger partial charge is 0.291 e. The van der Waals surface area contributed by atoms with Crippen molar-refractivity contribution in [2.24, 2.45) is 0 Å². The summed E-state index contributed by atoms with van der Waals surface area (Å²) in [5, 5.41) is 11.1. The van der Waals surface area contributed by atoms with Gasteiger partial charge in [0, 0.05) is 46.5 Å². The van der Waals surface area contributed by atoms with Gasteiger partial charge in [-0.2, -0.15) is 14.6 Å². The van der Waals surface area contributed by atoms with Crippen molar-refractivity contribution in [1.29, 1.82) is 0 Å². The van der Waals surface area contributed by atoms with E-state index in [4.69, 9.17) is 21.2 Å². The number of piperidine rings is 1. The molecule has 2 saturated heterocycles. The molecule has 4 aromatic heterocycles. The quantitative estimate of drug-likeness (QED) is 0.259. The lowest BCUT2D eigenvalue weighted by Crippen LogP contribution is -2.46. The zero-order valence-corrected chi connectivity index (χ0v) is 24.1. The SMILES string of the molecule is COc1ccc(-c2ccc(-c3cnn4c(N)c(C5CC5)c(C5C[C@H]6CC[C@@H](C5)N6C(=O)c5nc(N)n[nH]5)nc34)cn2)cc1F. The van der Waals surface area contributed by atoms with Gasteiger partial charge in [-0.3, -0.25) is 14.9 Å². The molecule has 3 atom stereocenters. The van der Waals surface area contributed by atoms with E-state index in [1.807, 2.05) is 17.0 Å². The average molecular weight is 595 g/mol. The number of hydrogen-bond donors (Lipinski definition) is 3. The maximum Gasteiger partial charge on any atom is 0.291 e. The monoisotopic (exact) mass is 594 g/mol. The number of ether oxygens (including phenoxy) is 1. The van der Waals surface area contributed by atoms with Crippen molar-refractivity contribution < 1.29 is 13.9 Å². The van der Waals surface area contributed by atoms with E-state index in [1.165, 1.54) is 13.2 Å². The van der Waals surface area contributed by atoms with E-state index in [0.717, 1.165) is 60.9 Å². The first kappa shape index (κ1) is 26.5. The summed E-state index contributed by atoms with van der Waals surface area (Å²) in [6, 6.07) is 8.73. The van der Waals surface area contributed by atoms with Gasteiger partial charge in [-0.1, -0.05) is 6.07 Å². The van der Waals surface area contributed by atoms with Gasteiger partial charge in [-0.25, -0.2) is 9.37 Å². The summed E-state index contributed by atoms with van der Waals surface area (Å²) < 4.78 is 21.1. The highest BCUT2D eigenvalue weighted by Gasteiger charge is 2.46. The predicted octanol–water partition coefficient (Wildman–Crippen LogP) is 4.32. The maximum atomic E-state index is 14.3. The molecule has 8 rings (SSSR count). The van der Waals surface area contributed by atoms with Crippen LogP contribution < -0.4 is 16.2 Å². The van der Waals surface area contributed by atoms with E-state index >= 15 is 0 Å². The molecule has 13 heteroatoms. The summed E-state index contributed by atoms with van der Waals surface area (Å²) in [7, 11) is 1.44. The number of nitrogens with one attached hydrogen (secondary N) is 1. The summed E-state index contributed by atoms with van der Waals surface area (Å²) in [5.41, 5.74) is 18.2. The minimum absolute atomic E-state index is 0.0636. The summed E-state index contributed by atoms with van der Waals surface area (Å²) in [6.07, 6.45) is 9.14. The number of methoxy groups -OCH3 is 1. The fraction of sp³-hybridized carbons (Fsp3) is 0.355. The zero-order chi connectivity index (χ0) is 30.1. The number of anilines is 2. The van der Waals surface area contributed by atoms with Gasteiger partial charge in [-0.15, -0.1) is 5.10 Å². The van der Waals surface area contributed by atoms with Crippen LogP contribution >= 0.6 is 0 Å². The lowest BCUT2D eigenvalue weighted by molar-refractivity contribution is 0.0557. The van der Waals surface area contributed by atoms with Gasteiger partial charge in [0.25, 0.3) is 5.91 Å². The largest absolute Gasteiger partial charge is 0.494 e. The number of fused-ring (bicyclic) bond motifs is 3. The van der Waals surface area contributed by atoms with E-state index in [1.54, 1.807) is 29.0 Å². The third-order valence-electron chi connectivity index (χ3n) is 9.32. The van der Waals surface area contributed by atoms with Gasteiger partial charge >= 0.3 is 0 Å². The Kier molecular flexibility index (Phi) is 6.03. The molecule has 2 bridgehead atoms. The van der Waals surface area contributed by atoms with Gasteiger partial charge in [0.15, 0.2) is 17.2 Å². The van der Waals surface area contributed by atoms with E-state index in [-0.39, 0.29) is 41.4 Å². The van der Waals surface area contributed by atoms with Crippen molar-refractivity contribution >= 4 is 23.3 Å². The minimum Gasteiger partial charge on any atom is -0.494 e. The second-order valence-electron chi connectivity index (χ2n) is 12.0. The van der Waals surface area contributed by atoms with Crippen molar-refractivity contribution in [1.82, 2.24) is 39.7 Å². The van der Waals surface area contributed by atoms with Crippen LogP contribution in [0.3, 0.4) is 0 Å². The molecule has 6 heterocycles. The molecule has 12 nitrogen and oxygen atoms in total. The number of carbonyl (C=O) groups excluding carboxylic acids is 1. The first-order chi connectivity index (χ1) is 21.4. The van der Waals surface area contributed by atoms with Gasteiger partial charge < -0.3 is 21.1 Å². The number of halogens is 1. The van der Waals surface area contributed by atoms with Crippen LogP contribution in [0.25, 0.3) is 28.0 Å². The average Bonchev–Trinajstić information content (AvgIpc) is 3.52. The topological polar surface area (TPSA) is 166 Å². The van der Waals surface area contributed by atoms with E-state index < -0.39 is 5.82 Å². The van der Waals surface area contributed by atoms with E-state index in [0.29, 0.717) is 28.6 Å². The van der Waals surface area contributed by atoms with E-state index in [9.17, 15) is 9.18 Å². The molecular formula is C31H31FN10O2. The Morgan fingerprint density at radius 1 is 1.00 bits per heavy atom. The molecule has 44 heavy (non-hydrogen) atoms. The fourth-order valence-electron chi connectivity index (χ4n) is 7.12. The third kappa shape index (κ3) is 4.25. The summed E-state index contributed by atoms with van der Waals surface area (Å²) in [5.74, 6) is 0.990. The number of amides is 1. The van der Waals surface area contributed by atoms with Crippen molar-refractivity contribution in [3.63, 3.8) is 0 Å². The van der Waals surface area contributed by atoms with Crippen molar-refractivity contribution in [2.45, 2.75) is 62.4 Å². The number of hydrogen-bond acceptors (Lipinski definition) is 9. The second kappa shape index (κ2) is 10.00. The van der Waals surface area contributed by atoms with Crippen LogP contribution in [-0.2, 0) is 0 Å². The predicted molar refractivity (Wildman–Crippen MR) is 160 cm³/mol. The zero-order valence-electron chi connectivity index (χ0n) is 24.1. The number of pyridine rings is 1. The summed E-state index contributed by atoms with van der Waals surface area (Å²) >= 11 is 0. The summed E-state index contributed by atoms with van der Waals surface area (Å²) in [6.45, 7) is 0. The van der Waals surface area contributed by atoms with Gasteiger partial charge in [-0.05, 0) is 68.7 Å². The fourth-order valence-corrected chi connectivity index (χ4v) is 7.12. The number of nitrogens with zero attached hydrogens (tertiary/aromatic N) is 7. The highest BCUT2D eigenvalue weighted by atomic mass is 19.1. The Morgan fingerprint density at radius 2 is 1.77 bits per heavy atom. The Labute approximate surface area is 251 Å². The van der Waals surface area contributed by atoms with Gasteiger partial charge in [0.1, 0.15) is 5.82 Å². The number of H-pyrrole nitrogens is 1. The molecular weight excluding hydrogens is 563 g/mol. The number of carbonyl (C=O) groups is 1. The van der Waals surface area contributed by atoms with Gasteiger partial charge in [0.2, 0.25) is 11.8 Å². The Bertz CT molecular complexity index is 1900. The molecule has 3 fully saturated rings. The first-order valence-electron chi connectivity index (χ1n) is 14.9. The molecule has 3 aliphatic rings. The standard InChI is InChI=1S/C31H31FN10O2/c1-44-24-9-5-16(12-22(24)32)23-8-4-17(13-35-23)21-14-36-42-27(33)25(15-2-3-15)26(37-29(21)42)18-10-19-6-7-20(11-18)41(19)30(43)28-38-31(34)40-39-28/h4-5,8-9,12-15,18-20H,2-3,6-7,10-11,33H2,1H3,(H3,34,38,39,40)/t18?,19-,20+. The van der Waals surface area contributed by atoms with Crippen molar-refractivity contribution in [3.8, 4) is 28.1 Å². The van der Waals surface area contributed by atoms with Crippen LogP contribution in [0.15, 0.2) is 42.7 Å². The van der Waals surface area contributed by atoms with Crippen molar-refractivity contribution in [3.05, 3.63) is 65.6 Å². The molecule has 1 saturated carbocycles. The van der Waals surface area contributed by atoms with Crippen LogP contribution in [0.1, 0.15) is 72.2 Å². The highest BCUT2D eigenvalue weighted by Crippen LogP contribution is 2.50. The highest BCUT2D eigenvalue weighted by molar-refractivity contribution is 5.91. The number of nitrogen functional groups attached to an aromatic ring is 2. The first-order valence-corrected chi connectivity index (χ1v) is 14.9. The summed E-state index contributed by atoms with van der Waals surface area (Å²) in [4.78, 5) is 29.2. The minimum atomic E-state index is -0.441. The van der Waals surface area contributed by atoms with Crippen LogP contribution in [0.5, 0.6) is 5.75 Å². The number of aromatic amines is 1. The van der Waals surface area contributed by atoms with Crippen LogP contribution in [0.2, 0.25) is 0 Å². The van der Waals surface area contributed by atoms with Crippen molar-refractivity contribution in [2.75, 3.05) is 18.6 Å². The molecule has 0 radical (unpaired) electrons. The van der Waals surface area contributed by atoms with Crippen LogP contribution in [-0.4, -0.2) is 64.8 Å². The number of aromatic nitrogens is 7. The molecule has 1 amide bonds. The van der Waals surface area contributed by atoms with Crippen LogP contribution in [0.4, 0.5) is 16.2 Å². The normalized spacial score (nSPS) is 21.2. The maximum absolute atomic E-state index is 14.3. The Balaban J connectivity index is 1.13. The molecule has 224 valence electrons. The number of benzene rings is 1. The van der Waals surface area contributed by atoms with Gasteiger partial charge in [0.05, 0.1) is 24.7 Å². The Hall–Kier alpha value is -5.07. The lowest BCUT2D eigenvalue weighted by Gasteiger charge is -2.39. The lowest BCUT2D eigenvalue weighted by atomic mass is 9.85. The Morgan fingerprint density at radius 3 is 2.41 bits per heavy atom. The molecule has 2 aliphatic heterocycles. The third-order valence-corrected chi connectivity index (χ3v) is 9.32. The molecule has 1 aliphatic carbocycles. The van der Waals surface area contributed by atoms with E-state index in [2.05, 4.69) is 25.3 Å².